The van der Waals surface area contributed by atoms with E-state index in [0.717, 1.165) is 25.9 Å². The van der Waals surface area contributed by atoms with Gasteiger partial charge in [0, 0.05) is 5.56 Å². The molecule has 2 rings (SSSR count). The first-order chi connectivity index (χ1) is 10.7. The summed E-state index contributed by atoms with van der Waals surface area (Å²) in [5.41, 5.74) is 0.617. The largest absolute Gasteiger partial charge is 0.493 e. The molecule has 0 aliphatic carbocycles. The summed E-state index contributed by atoms with van der Waals surface area (Å²) in [5.74, 6) is 1.82. The van der Waals surface area contributed by atoms with Gasteiger partial charge < -0.3 is 14.2 Å². The van der Waals surface area contributed by atoms with Crippen LogP contribution in [0.5, 0.6) is 17.2 Å². The number of carbonyl (C=O) groups is 1. The fourth-order valence-corrected chi connectivity index (χ4v) is 2.88. The lowest BCUT2D eigenvalue weighted by Gasteiger charge is -2.28. The zero-order valence-corrected chi connectivity index (χ0v) is 15.1. The van der Waals surface area contributed by atoms with Crippen molar-refractivity contribution in [1.82, 2.24) is 4.90 Å². The molecule has 0 N–H and O–H groups in total. The first kappa shape index (κ1) is 19.6. The SMILES string of the molecule is CCCC(C(=O)c1cc(OC)c2c(c1)OCO2)N(CC)CC.Cl. The number of carbonyl (C=O) groups excluding carboxylic acids is 1. The van der Waals surface area contributed by atoms with Crippen molar-refractivity contribution in [2.75, 3.05) is 27.0 Å². The number of fused-ring (bicyclic) bond motifs is 1. The Labute approximate surface area is 144 Å². The number of methoxy groups -OCH3 is 1. The van der Waals surface area contributed by atoms with Crippen molar-refractivity contribution in [2.24, 2.45) is 0 Å². The quantitative estimate of drug-likeness (QED) is 0.676. The van der Waals surface area contributed by atoms with Gasteiger partial charge in [0.2, 0.25) is 12.5 Å². The highest BCUT2D eigenvalue weighted by Gasteiger charge is 2.28. The average Bonchev–Trinajstić information content (AvgIpc) is 3.02. The Hall–Kier alpha value is -1.46. The van der Waals surface area contributed by atoms with Crippen molar-refractivity contribution in [3.8, 4) is 17.2 Å². The van der Waals surface area contributed by atoms with Gasteiger partial charge in [-0.05, 0) is 31.6 Å². The Kier molecular flexibility index (Phi) is 7.65. The summed E-state index contributed by atoms with van der Waals surface area (Å²) in [6.07, 6.45) is 1.81. The summed E-state index contributed by atoms with van der Waals surface area (Å²) in [4.78, 5) is 15.2. The molecule has 1 heterocycles. The molecule has 1 aromatic rings. The maximum atomic E-state index is 13.0. The van der Waals surface area contributed by atoms with Gasteiger partial charge in [-0.1, -0.05) is 27.2 Å². The van der Waals surface area contributed by atoms with Gasteiger partial charge in [-0.15, -0.1) is 12.4 Å². The number of Topliss-reactive ketones (excluding diaryl/α,β-unsaturated/α-hetero) is 1. The molecule has 0 spiro atoms. The molecule has 23 heavy (non-hydrogen) atoms. The van der Waals surface area contributed by atoms with E-state index in [1.165, 1.54) is 0 Å². The molecule has 6 heteroatoms. The van der Waals surface area contributed by atoms with E-state index in [2.05, 4.69) is 25.7 Å². The number of benzene rings is 1. The second-order valence-corrected chi connectivity index (χ2v) is 5.30. The third-order valence-corrected chi connectivity index (χ3v) is 4.06. The van der Waals surface area contributed by atoms with Gasteiger partial charge in [0.15, 0.2) is 17.3 Å². The van der Waals surface area contributed by atoms with E-state index >= 15 is 0 Å². The fourth-order valence-electron chi connectivity index (χ4n) is 2.88. The van der Waals surface area contributed by atoms with Gasteiger partial charge >= 0.3 is 0 Å². The number of hydrogen-bond donors (Lipinski definition) is 0. The molecule has 0 amide bonds. The second-order valence-electron chi connectivity index (χ2n) is 5.30. The minimum Gasteiger partial charge on any atom is -0.493 e. The molecule has 130 valence electrons. The predicted octanol–water partition coefficient (Wildman–Crippen LogP) is 3.54. The van der Waals surface area contributed by atoms with E-state index in [-0.39, 0.29) is 31.0 Å². The van der Waals surface area contributed by atoms with Gasteiger partial charge in [-0.25, -0.2) is 0 Å². The molecule has 1 aromatic carbocycles. The lowest BCUT2D eigenvalue weighted by Crippen LogP contribution is -2.41. The lowest BCUT2D eigenvalue weighted by atomic mass is 9.98. The van der Waals surface area contributed by atoms with Crippen LogP contribution in [0.2, 0.25) is 0 Å². The topological polar surface area (TPSA) is 48.0 Å². The summed E-state index contributed by atoms with van der Waals surface area (Å²) in [5, 5.41) is 0. The van der Waals surface area contributed by atoms with E-state index in [1.807, 2.05) is 0 Å². The van der Waals surface area contributed by atoms with Crippen LogP contribution in [0, 0.1) is 0 Å². The number of halogens is 1. The molecule has 0 fully saturated rings. The number of likely N-dealkylation sites (N-methyl/N-ethyl adjacent to an activating group) is 1. The van der Waals surface area contributed by atoms with Gasteiger partial charge in [-0.3, -0.25) is 9.69 Å². The van der Waals surface area contributed by atoms with E-state index in [9.17, 15) is 4.79 Å². The normalized spacial score (nSPS) is 13.6. The first-order valence-corrected chi connectivity index (χ1v) is 7.92. The molecule has 0 saturated heterocycles. The van der Waals surface area contributed by atoms with Crippen LogP contribution in [-0.4, -0.2) is 43.7 Å². The third-order valence-electron chi connectivity index (χ3n) is 4.06. The van der Waals surface area contributed by atoms with Crippen molar-refractivity contribution >= 4 is 18.2 Å². The molecule has 1 aliphatic rings. The van der Waals surface area contributed by atoms with Crippen molar-refractivity contribution in [2.45, 2.75) is 39.7 Å². The van der Waals surface area contributed by atoms with Gasteiger partial charge in [0.25, 0.3) is 0 Å². The van der Waals surface area contributed by atoms with E-state index in [4.69, 9.17) is 14.2 Å². The van der Waals surface area contributed by atoms with Crippen molar-refractivity contribution in [1.29, 1.82) is 0 Å². The Morgan fingerprint density at radius 1 is 1.26 bits per heavy atom. The average molecular weight is 344 g/mol. The van der Waals surface area contributed by atoms with Crippen LogP contribution in [-0.2, 0) is 0 Å². The standard InChI is InChI=1S/C17H25NO4.ClH/c1-5-8-13(18(6-2)7-3)16(19)12-9-14(20-4)17-15(10-12)21-11-22-17;/h9-10,13H,5-8,11H2,1-4H3;1H. The molecule has 0 aromatic heterocycles. The van der Waals surface area contributed by atoms with Crippen LogP contribution in [0.4, 0.5) is 0 Å². The van der Waals surface area contributed by atoms with E-state index < -0.39 is 0 Å². The van der Waals surface area contributed by atoms with E-state index in [1.54, 1.807) is 19.2 Å². The van der Waals surface area contributed by atoms with Crippen LogP contribution >= 0.6 is 12.4 Å². The number of nitrogens with zero attached hydrogens (tertiary/aromatic N) is 1. The van der Waals surface area contributed by atoms with Crippen LogP contribution in [0.15, 0.2) is 12.1 Å². The van der Waals surface area contributed by atoms with Gasteiger partial charge in [0.05, 0.1) is 13.2 Å². The molecule has 1 atom stereocenters. The maximum absolute atomic E-state index is 13.0. The second kappa shape index (κ2) is 8.99. The van der Waals surface area contributed by atoms with Gasteiger partial charge in [0.1, 0.15) is 0 Å². The molecule has 0 bridgehead atoms. The van der Waals surface area contributed by atoms with Crippen LogP contribution in [0.1, 0.15) is 44.0 Å². The molecular formula is C17H26ClNO4. The first-order valence-electron chi connectivity index (χ1n) is 7.92. The summed E-state index contributed by atoms with van der Waals surface area (Å²) < 4.78 is 16.1. The minimum atomic E-state index is -0.106. The van der Waals surface area contributed by atoms with Gasteiger partial charge in [-0.2, -0.15) is 0 Å². The fraction of sp³-hybridized carbons (Fsp3) is 0.588. The summed E-state index contributed by atoms with van der Waals surface area (Å²) in [6, 6.07) is 3.41. The molecule has 0 saturated carbocycles. The smallest absolute Gasteiger partial charge is 0.231 e. The summed E-state index contributed by atoms with van der Waals surface area (Å²) in [7, 11) is 1.57. The molecule has 0 radical (unpaired) electrons. The summed E-state index contributed by atoms with van der Waals surface area (Å²) >= 11 is 0. The van der Waals surface area contributed by atoms with Crippen molar-refractivity contribution < 1.29 is 19.0 Å². The van der Waals surface area contributed by atoms with Crippen LogP contribution < -0.4 is 14.2 Å². The lowest BCUT2D eigenvalue weighted by molar-refractivity contribution is 0.0818. The summed E-state index contributed by atoms with van der Waals surface area (Å²) in [6.45, 7) is 8.14. The zero-order valence-electron chi connectivity index (χ0n) is 14.3. The van der Waals surface area contributed by atoms with Crippen LogP contribution in [0.3, 0.4) is 0 Å². The number of hydrogen-bond acceptors (Lipinski definition) is 5. The number of ketones is 1. The zero-order chi connectivity index (χ0) is 16.1. The molecule has 1 aliphatic heterocycles. The molecule has 5 nitrogen and oxygen atoms in total. The Morgan fingerprint density at radius 2 is 1.96 bits per heavy atom. The highest BCUT2D eigenvalue weighted by molar-refractivity contribution is 6.01. The van der Waals surface area contributed by atoms with Crippen molar-refractivity contribution in [3.05, 3.63) is 17.7 Å². The van der Waals surface area contributed by atoms with E-state index in [0.29, 0.717) is 22.8 Å². The molecular weight excluding hydrogens is 318 g/mol. The Balaban J connectivity index is 0.00000264. The Bertz CT molecular complexity index is 532. The highest BCUT2D eigenvalue weighted by atomic mass is 35.5. The van der Waals surface area contributed by atoms with Crippen molar-refractivity contribution in [3.63, 3.8) is 0 Å². The maximum Gasteiger partial charge on any atom is 0.231 e. The third kappa shape index (κ3) is 4.09. The van der Waals surface area contributed by atoms with Crippen LogP contribution in [0.25, 0.3) is 0 Å². The highest BCUT2D eigenvalue weighted by Crippen LogP contribution is 2.42. The molecule has 1 unspecified atom stereocenters. The monoisotopic (exact) mass is 343 g/mol. The Morgan fingerprint density at radius 3 is 2.52 bits per heavy atom. The predicted molar refractivity (Wildman–Crippen MR) is 92.3 cm³/mol. The number of ether oxygens (including phenoxy) is 3. The number of rotatable bonds is 8. The minimum absolute atomic E-state index is 0.